The Kier molecular flexibility index (Phi) is 3.98. The van der Waals surface area contributed by atoms with E-state index in [0.717, 1.165) is 5.75 Å². The molecule has 0 saturated heterocycles. The van der Waals surface area contributed by atoms with Crippen molar-refractivity contribution in [3.63, 3.8) is 0 Å². The third kappa shape index (κ3) is 3.47. The second kappa shape index (κ2) is 5.27. The quantitative estimate of drug-likeness (QED) is 0.589. The Balaban J connectivity index is 2.31. The van der Waals surface area contributed by atoms with Crippen molar-refractivity contribution in [1.82, 2.24) is 0 Å². The second-order valence-corrected chi connectivity index (χ2v) is 3.04. The average molecular weight is 193 g/mol. The van der Waals surface area contributed by atoms with Gasteiger partial charge in [0.1, 0.15) is 5.75 Å². The number of benzene rings is 1. The summed E-state index contributed by atoms with van der Waals surface area (Å²) in [5.41, 5.74) is 1.21. The molecular weight excluding hydrogens is 178 g/mol. The summed E-state index contributed by atoms with van der Waals surface area (Å²) in [5.74, 6) is 1.08. The predicted octanol–water partition coefficient (Wildman–Crippen LogP) is 2.39. The predicted molar refractivity (Wildman–Crippen MR) is 56.0 cm³/mol. The van der Waals surface area contributed by atoms with Gasteiger partial charge in [-0.05, 0) is 19.1 Å². The van der Waals surface area contributed by atoms with E-state index in [0.29, 0.717) is 13.0 Å². The molecule has 0 radical (unpaired) electrons. The first-order chi connectivity index (χ1) is 6.72. The Morgan fingerprint density at radius 2 is 1.93 bits per heavy atom. The summed E-state index contributed by atoms with van der Waals surface area (Å²) in [6.07, 6.45) is 0.504. The zero-order chi connectivity index (χ0) is 10.4. The van der Waals surface area contributed by atoms with Gasteiger partial charge in [-0.3, -0.25) is 5.41 Å². The highest BCUT2D eigenvalue weighted by atomic mass is 16.5. The van der Waals surface area contributed by atoms with Crippen LogP contribution in [0.4, 0.5) is 0 Å². The van der Waals surface area contributed by atoms with Crippen molar-refractivity contribution in [2.45, 2.75) is 13.3 Å². The third-order valence-electron chi connectivity index (χ3n) is 1.87. The van der Waals surface area contributed by atoms with Gasteiger partial charge >= 0.3 is 0 Å². The first kappa shape index (κ1) is 10.6. The molecular formula is C11H15NO2. The molecule has 0 saturated carbocycles. The van der Waals surface area contributed by atoms with Crippen LogP contribution in [0.2, 0.25) is 0 Å². The molecule has 1 N–H and O–H groups in total. The standard InChI is InChI=1S/C11H15NO2/c1-9-3-5-10(6-4-9)14-8-7-11(12)13-2/h3-6,12H,7-8H2,1-2H3. The largest absolute Gasteiger partial charge is 0.493 e. The maximum absolute atomic E-state index is 7.24. The van der Waals surface area contributed by atoms with E-state index in [2.05, 4.69) is 0 Å². The lowest BCUT2D eigenvalue weighted by Crippen LogP contribution is -2.06. The van der Waals surface area contributed by atoms with Gasteiger partial charge < -0.3 is 9.47 Å². The van der Waals surface area contributed by atoms with Gasteiger partial charge in [0.25, 0.3) is 0 Å². The Hall–Kier alpha value is -1.51. The van der Waals surface area contributed by atoms with Crippen molar-refractivity contribution in [1.29, 1.82) is 5.41 Å². The van der Waals surface area contributed by atoms with Crippen LogP contribution in [-0.4, -0.2) is 19.6 Å². The molecule has 0 unspecified atom stereocenters. The molecule has 0 atom stereocenters. The smallest absolute Gasteiger partial charge is 0.183 e. The number of aryl methyl sites for hydroxylation is 1. The maximum atomic E-state index is 7.24. The van der Waals surface area contributed by atoms with E-state index in [1.807, 2.05) is 31.2 Å². The number of rotatable bonds is 4. The Morgan fingerprint density at radius 1 is 1.29 bits per heavy atom. The lowest BCUT2D eigenvalue weighted by molar-refractivity contribution is 0.307. The molecule has 0 fully saturated rings. The van der Waals surface area contributed by atoms with Gasteiger partial charge in [0.05, 0.1) is 20.1 Å². The molecule has 0 aliphatic carbocycles. The Labute approximate surface area is 84.2 Å². The van der Waals surface area contributed by atoms with Crippen molar-refractivity contribution in [3.8, 4) is 5.75 Å². The molecule has 76 valence electrons. The summed E-state index contributed by atoms with van der Waals surface area (Å²) in [6.45, 7) is 2.51. The Morgan fingerprint density at radius 3 is 2.50 bits per heavy atom. The molecule has 0 spiro atoms. The first-order valence-corrected chi connectivity index (χ1v) is 4.53. The normalized spacial score (nSPS) is 9.57. The SMILES string of the molecule is COC(=N)CCOc1ccc(C)cc1. The topological polar surface area (TPSA) is 42.3 Å². The number of hydrogen-bond acceptors (Lipinski definition) is 3. The third-order valence-corrected chi connectivity index (χ3v) is 1.87. The number of methoxy groups -OCH3 is 1. The van der Waals surface area contributed by atoms with Crippen LogP contribution >= 0.6 is 0 Å². The van der Waals surface area contributed by atoms with E-state index in [9.17, 15) is 0 Å². The van der Waals surface area contributed by atoms with Gasteiger partial charge in [0, 0.05) is 0 Å². The molecule has 1 rings (SSSR count). The lowest BCUT2D eigenvalue weighted by Gasteiger charge is -2.06. The van der Waals surface area contributed by atoms with Crippen LogP contribution in [0.25, 0.3) is 0 Å². The minimum absolute atomic E-state index is 0.247. The summed E-state index contributed by atoms with van der Waals surface area (Å²) in [4.78, 5) is 0. The van der Waals surface area contributed by atoms with E-state index in [1.165, 1.54) is 12.7 Å². The highest BCUT2D eigenvalue weighted by Gasteiger charge is 1.96. The fraction of sp³-hybridized carbons (Fsp3) is 0.364. The fourth-order valence-corrected chi connectivity index (χ4v) is 0.998. The molecule has 0 aromatic heterocycles. The Bertz CT molecular complexity index is 293. The lowest BCUT2D eigenvalue weighted by atomic mass is 10.2. The van der Waals surface area contributed by atoms with Crippen LogP contribution < -0.4 is 4.74 Å². The van der Waals surface area contributed by atoms with Crippen LogP contribution in [0.15, 0.2) is 24.3 Å². The minimum atomic E-state index is 0.247. The number of nitrogens with one attached hydrogen (secondary N) is 1. The molecule has 1 aromatic rings. The van der Waals surface area contributed by atoms with E-state index in [4.69, 9.17) is 14.9 Å². The van der Waals surface area contributed by atoms with Gasteiger partial charge in [-0.15, -0.1) is 0 Å². The van der Waals surface area contributed by atoms with E-state index in [1.54, 1.807) is 0 Å². The van der Waals surface area contributed by atoms with E-state index >= 15 is 0 Å². The van der Waals surface area contributed by atoms with Gasteiger partial charge in [-0.2, -0.15) is 0 Å². The molecule has 3 heteroatoms. The molecule has 0 amide bonds. The maximum Gasteiger partial charge on any atom is 0.183 e. The van der Waals surface area contributed by atoms with Crippen LogP contribution in [0.3, 0.4) is 0 Å². The monoisotopic (exact) mass is 193 g/mol. The molecule has 0 bridgehead atoms. The molecule has 0 aliphatic heterocycles. The van der Waals surface area contributed by atoms with Gasteiger partial charge in [-0.25, -0.2) is 0 Å². The van der Waals surface area contributed by atoms with E-state index < -0.39 is 0 Å². The van der Waals surface area contributed by atoms with Crippen molar-refractivity contribution >= 4 is 5.90 Å². The zero-order valence-electron chi connectivity index (χ0n) is 8.54. The highest BCUT2D eigenvalue weighted by Crippen LogP contribution is 2.11. The molecule has 0 heterocycles. The number of hydrogen-bond donors (Lipinski definition) is 1. The molecule has 3 nitrogen and oxygen atoms in total. The summed E-state index contributed by atoms with van der Waals surface area (Å²) >= 11 is 0. The molecule has 14 heavy (non-hydrogen) atoms. The van der Waals surface area contributed by atoms with Crippen molar-refractivity contribution in [2.75, 3.05) is 13.7 Å². The molecule has 0 aliphatic rings. The van der Waals surface area contributed by atoms with E-state index in [-0.39, 0.29) is 5.90 Å². The van der Waals surface area contributed by atoms with Gasteiger partial charge in [0.15, 0.2) is 5.90 Å². The van der Waals surface area contributed by atoms with Gasteiger partial charge in [-0.1, -0.05) is 17.7 Å². The molecule has 1 aromatic carbocycles. The minimum Gasteiger partial charge on any atom is -0.493 e. The van der Waals surface area contributed by atoms with Crippen molar-refractivity contribution in [3.05, 3.63) is 29.8 Å². The first-order valence-electron chi connectivity index (χ1n) is 4.53. The number of ether oxygens (including phenoxy) is 2. The summed E-state index contributed by atoms with van der Waals surface area (Å²) in [6, 6.07) is 7.84. The van der Waals surface area contributed by atoms with Crippen LogP contribution in [0, 0.1) is 12.3 Å². The van der Waals surface area contributed by atoms with Crippen molar-refractivity contribution < 1.29 is 9.47 Å². The van der Waals surface area contributed by atoms with Crippen LogP contribution in [0.5, 0.6) is 5.75 Å². The second-order valence-electron chi connectivity index (χ2n) is 3.04. The highest BCUT2D eigenvalue weighted by molar-refractivity contribution is 5.72. The van der Waals surface area contributed by atoms with Gasteiger partial charge in [0.2, 0.25) is 0 Å². The van der Waals surface area contributed by atoms with Crippen molar-refractivity contribution in [2.24, 2.45) is 0 Å². The average Bonchev–Trinajstić information content (AvgIpc) is 2.21. The van der Waals surface area contributed by atoms with Crippen LogP contribution in [0.1, 0.15) is 12.0 Å². The summed E-state index contributed by atoms with van der Waals surface area (Å²) in [7, 11) is 1.49. The fourth-order valence-electron chi connectivity index (χ4n) is 0.998. The summed E-state index contributed by atoms with van der Waals surface area (Å²) in [5, 5.41) is 7.24. The van der Waals surface area contributed by atoms with Crippen LogP contribution in [-0.2, 0) is 4.74 Å². The zero-order valence-corrected chi connectivity index (χ0v) is 8.54. The summed E-state index contributed by atoms with van der Waals surface area (Å²) < 4.78 is 10.1.